The van der Waals surface area contributed by atoms with Crippen molar-refractivity contribution in [3.05, 3.63) is 81.9 Å². The van der Waals surface area contributed by atoms with Gasteiger partial charge in [0.05, 0.1) is 28.8 Å². The van der Waals surface area contributed by atoms with Crippen molar-refractivity contribution in [1.82, 2.24) is 4.98 Å². The van der Waals surface area contributed by atoms with Gasteiger partial charge in [-0.25, -0.2) is 15.2 Å². The van der Waals surface area contributed by atoms with Gasteiger partial charge in [-0.2, -0.15) is 0 Å². The summed E-state index contributed by atoms with van der Waals surface area (Å²) in [6.07, 6.45) is 2.95. The van der Waals surface area contributed by atoms with E-state index in [0.29, 0.717) is 16.9 Å². The van der Waals surface area contributed by atoms with Crippen molar-refractivity contribution in [2.24, 2.45) is 5.84 Å². The van der Waals surface area contributed by atoms with Gasteiger partial charge in [-0.1, -0.05) is 18.2 Å². The van der Waals surface area contributed by atoms with Crippen molar-refractivity contribution in [3.63, 3.8) is 0 Å². The molecule has 3 aromatic rings. The molecule has 0 radical (unpaired) electrons. The van der Waals surface area contributed by atoms with Gasteiger partial charge in [0.15, 0.2) is 0 Å². The molecule has 1 heterocycles. The van der Waals surface area contributed by atoms with Gasteiger partial charge in [-0.3, -0.25) is 9.78 Å². The number of nitrogens with zero attached hydrogens (tertiary/aromatic N) is 2. The number of halogens is 2. The Kier molecular flexibility index (Phi) is 5.25. The van der Waals surface area contributed by atoms with Crippen LogP contribution in [0.2, 0.25) is 0 Å². The normalized spacial score (nSPS) is 10.4. The minimum atomic E-state index is -0.429. The fraction of sp³-hybridized carbons (Fsp3) is 0. The summed E-state index contributed by atoms with van der Waals surface area (Å²) < 4.78 is 14.9. The smallest absolute Gasteiger partial charge is 0.274 e. The second-order valence-electron chi connectivity index (χ2n) is 5.18. The molecule has 126 valence electrons. The molecule has 1 amide bonds. The van der Waals surface area contributed by atoms with E-state index in [1.807, 2.05) is 28.7 Å². The van der Waals surface area contributed by atoms with Gasteiger partial charge in [0.2, 0.25) is 0 Å². The first-order valence-electron chi connectivity index (χ1n) is 7.36. The zero-order chi connectivity index (χ0) is 17.8. The lowest BCUT2D eigenvalue weighted by Crippen LogP contribution is -2.37. The lowest BCUT2D eigenvalue weighted by molar-refractivity contribution is 0.0987. The van der Waals surface area contributed by atoms with E-state index < -0.39 is 11.7 Å². The molecule has 7 heteroatoms. The molecular weight excluding hydrogens is 434 g/mol. The number of nitrogens with two attached hydrogens (primary N) is 1. The number of amides is 1. The van der Waals surface area contributed by atoms with Crippen LogP contribution < -0.4 is 16.2 Å². The molecule has 0 fully saturated rings. The van der Waals surface area contributed by atoms with Gasteiger partial charge in [0, 0.05) is 9.77 Å². The Balaban J connectivity index is 1.92. The van der Waals surface area contributed by atoms with Crippen molar-refractivity contribution in [2.75, 3.05) is 10.3 Å². The van der Waals surface area contributed by atoms with Crippen molar-refractivity contribution in [2.45, 2.75) is 0 Å². The van der Waals surface area contributed by atoms with Gasteiger partial charge in [0.25, 0.3) is 5.91 Å². The average Bonchev–Trinajstić information content (AvgIpc) is 2.64. The molecule has 0 aliphatic rings. The second-order valence-corrected chi connectivity index (χ2v) is 6.43. The summed E-state index contributed by atoms with van der Waals surface area (Å²) in [7, 11) is 0. The summed E-state index contributed by atoms with van der Waals surface area (Å²) in [6.45, 7) is 0. The number of nitrogens with one attached hydrogen (secondary N) is 1. The summed E-state index contributed by atoms with van der Waals surface area (Å²) in [5, 5.41) is 3.96. The van der Waals surface area contributed by atoms with E-state index in [-0.39, 0.29) is 5.69 Å². The van der Waals surface area contributed by atoms with Gasteiger partial charge < -0.3 is 5.32 Å². The molecule has 1 aromatic heterocycles. The monoisotopic (exact) mass is 448 g/mol. The summed E-state index contributed by atoms with van der Waals surface area (Å²) >= 11 is 2.03. The summed E-state index contributed by atoms with van der Waals surface area (Å²) in [6, 6.07) is 15.2. The molecule has 0 atom stereocenters. The number of para-hydroxylation sites is 1. The average molecular weight is 448 g/mol. The number of benzene rings is 2. The van der Waals surface area contributed by atoms with E-state index >= 15 is 0 Å². The molecular formula is C18H14FIN4O. The van der Waals surface area contributed by atoms with Crippen LogP contribution in [-0.2, 0) is 0 Å². The molecule has 0 saturated heterocycles. The molecule has 0 aliphatic carbocycles. The van der Waals surface area contributed by atoms with Crippen LogP contribution >= 0.6 is 22.6 Å². The first-order chi connectivity index (χ1) is 12.1. The lowest BCUT2D eigenvalue weighted by Gasteiger charge is -2.19. The lowest BCUT2D eigenvalue weighted by atomic mass is 10.2. The van der Waals surface area contributed by atoms with Crippen LogP contribution in [0.1, 0.15) is 10.4 Å². The third-order valence-electron chi connectivity index (χ3n) is 3.51. The Morgan fingerprint density at radius 1 is 1.12 bits per heavy atom. The molecule has 0 spiro atoms. The Labute approximate surface area is 157 Å². The molecule has 0 saturated carbocycles. The number of rotatable bonds is 4. The highest BCUT2D eigenvalue weighted by Crippen LogP contribution is 2.25. The number of anilines is 3. The summed E-state index contributed by atoms with van der Waals surface area (Å²) in [5.41, 5.74) is 1.47. The van der Waals surface area contributed by atoms with E-state index in [1.165, 1.54) is 24.5 Å². The van der Waals surface area contributed by atoms with Crippen LogP contribution in [0.25, 0.3) is 0 Å². The molecule has 5 nitrogen and oxygen atoms in total. The molecule has 3 rings (SSSR count). The molecule has 25 heavy (non-hydrogen) atoms. The SMILES string of the molecule is NN(C(=O)c1ccncc1Nc1ccc(I)cc1F)c1ccccc1. The van der Waals surface area contributed by atoms with Crippen LogP contribution in [0.3, 0.4) is 0 Å². The number of carbonyl (C=O) groups is 1. The van der Waals surface area contributed by atoms with Crippen LogP contribution in [0, 0.1) is 9.39 Å². The maximum Gasteiger partial charge on any atom is 0.274 e. The van der Waals surface area contributed by atoms with Crippen molar-refractivity contribution < 1.29 is 9.18 Å². The summed E-state index contributed by atoms with van der Waals surface area (Å²) in [5.74, 6) is 5.10. The minimum Gasteiger partial charge on any atom is -0.351 e. The third-order valence-corrected chi connectivity index (χ3v) is 4.18. The number of carbonyl (C=O) groups excluding carboxylic acids is 1. The topological polar surface area (TPSA) is 71.2 Å². The predicted octanol–water partition coefficient (Wildman–Crippen LogP) is 4.09. The molecule has 0 bridgehead atoms. The number of hydrogen-bond acceptors (Lipinski definition) is 4. The van der Waals surface area contributed by atoms with Gasteiger partial charge in [-0.05, 0) is 59.0 Å². The maximum atomic E-state index is 14.1. The fourth-order valence-corrected chi connectivity index (χ4v) is 2.71. The van der Waals surface area contributed by atoms with Crippen molar-refractivity contribution in [1.29, 1.82) is 0 Å². The molecule has 2 aromatic carbocycles. The maximum absolute atomic E-state index is 14.1. The van der Waals surface area contributed by atoms with Crippen LogP contribution in [0.4, 0.5) is 21.5 Å². The van der Waals surface area contributed by atoms with Crippen molar-refractivity contribution >= 4 is 45.6 Å². The third kappa shape index (κ3) is 3.94. The zero-order valence-corrected chi connectivity index (χ0v) is 15.1. The highest BCUT2D eigenvalue weighted by molar-refractivity contribution is 14.1. The quantitative estimate of drug-likeness (QED) is 0.273. The molecule has 0 aliphatic heterocycles. The largest absolute Gasteiger partial charge is 0.351 e. The van der Waals surface area contributed by atoms with E-state index in [4.69, 9.17) is 5.84 Å². The highest BCUT2D eigenvalue weighted by Gasteiger charge is 2.18. The fourth-order valence-electron chi connectivity index (χ4n) is 2.25. The number of pyridine rings is 1. The first-order valence-corrected chi connectivity index (χ1v) is 8.44. The van der Waals surface area contributed by atoms with Crippen LogP contribution in [-0.4, -0.2) is 10.9 Å². The Morgan fingerprint density at radius 3 is 2.60 bits per heavy atom. The Bertz CT molecular complexity index is 905. The van der Waals surface area contributed by atoms with E-state index in [9.17, 15) is 9.18 Å². The van der Waals surface area contributed by atoms with Gasteiger partial charge >= 0.3 is 0 Å². The van der Waals surface area contributed by atoms with E-state index in [2.05, 4.69) is 10.3 Å². The minimum absolute atomic E-state index is 0.255. The van der Waals surface area contributed by atoms with Crippen LogP contribution in [0.5, 0.6) is 0 Å². The second kappa shape index (κ2) is 7.58. The van der Waals surface area contributed by atoms with E-state index in [0.717, 1.165) is 8.58 Å². The van der Waals surface area contributed by atoms with Crippen LogP contribution in [0.15, 0.2) is 67.0 Å². The standard InChI is InChI=1S/C18H14FIN4O/c19-15-10-12(20)6-7-16(15)23-17-11-22-9-8-14(17)18(25)24(21)13-4-2-1-3-5-13/h1-11,23H,21H2. The van der Waals surface area contributed by atoms with E-state index in [1.54, 1.807) is 36.4 Å². The number of hydrazine groups is 1. The van der Waals surface area contributed by atoms with Gasteiger partial charge in [-0.15, -0.1) is 0 Å². The Morgan fingerprint density at radius 2 is 1.88 bits per heavy atom. The molecule has 3 N–H and O–H groups in total. The predicted molar refractivity (Wildman–Crippen MR) is 104 cm³/mol. The van der Waals surface area contributed by atoms with Crippen molar-refractivity contribution in [3.8, 4) is 0 Å². The number of hydrogen-bond donors (Lipinski definition) is 2. The Hall–Kier alpha value is -2.52. The zero-order valence-electron chi connectivity index (χ0n) is 13.0. The number of aromatic nitrogens is 1. The first kappa shape index (κ1) is 17.3. The highest BCUT2D eigenvalue weighted by atomic mass is 127. The van der Waals surface area contributed by atoms with Gasteiger partial charge in [0.1, 0.15) is 5.82 Å². The summed E-state index contributed by atoms with van der Waals surface area (Å²) in [4.78, 5) is 16.7. The molecule has 0 unspecified atom stereocenters.